The number of benzene rings is 3. The van der Waals surface area contributed by atoms with Gasteiger partial charge >= 0.3 is 6.18 Å². The van der Waals surface area contributed by atoms with Crippen LogP contribution < -0.4 is 10.4 Å². The summed E-state index contributed by atoms with van der Waals surface area (Å²) in [5, 5.41) is 21.3. The lowest BCUT2D eigenvalue weighted by Crippen LogP contribution is -2.35. The Morgan fingerprint density at radius 2 is 1.58 bits per heavy atom. The second-order valence-corrected chi connectivity index (χ2v) is 7.73. The molecule has 3 N–H and O–H groups in total. The summed E-state index contributed by atoms with van der Waals surface area (Å²) in [5.74, 6) is 0.190. The molecule has 158 valence electrons. The molecule has 31 heavy (non-hydrogen) atoms. The van der Waals surface area contributed by atoms with E-state index in [2.05, 4.69) is 5.43 Å². The molecule has 5 rings (SSSR count). The molecular weight excluding hydrogens is 405 g/mol. The number of aryl methyl sites for hydroxylation is 1. The molecule has 0 aromatic heterocycles. The highest BCUT2D eigenvalue weighted by atomic mass is 19.4. The molecule has 1 atom stereocenters. The normalized spacial score (nSPS) is 17.9. The highest BCUT2D eigenvalue weighted by molar-refractivity contribution is 5.80. The molecule has 2 aliphatic rings. The maximum Gasteiger partial charge on any atom is 0.418 e. The van der Waals surface area contributed by atoms with Crippen LogP contribution in [0.15, 0.2) is 72.3 Å². The third-order valence-electron chi connectivity index (χ3n) is 5.85. The maximum absolute atomic E-state index is 13.8. The van der Waals surface area contributed by atoms with E-state index in [1.54, 1.807) is 35.3 Å². The lowest BCUT2D eigenvalue weighted by molar-refractivity contribution is -0.137. The van der Waals surface area contributed by atoms with Gasteiger partial charge in [0.2, 0.25) is 0 Å². The van der Waals surface area contributed by atoms with Crippen LogP contribution in [0, 0.1) is 0 Å². The minimum Gasteiger partial charge on any atom is -0.508 e. The van der Waals surface area contributed by atoms with Crippen LogP contribution in [0.4, 0.5) is 18.9 Å². The van der Waals surface area contributed by atoms with Crippen molar-refractivity contribution >= 4 is 11.4 Å². The Morgan fingerprint density at radius 1 is 0.871 bits per heavy atom. The summed E-state index contributed by atoms with van der Waals surface area (Å²) < 4.78 is 41.4. The lowest BCUT2D eigenvalue weighted by atomic mass is 9.85. The standard InChI is InChI=1S/C24H19F3N2O2/c25-24(26,27)20-3-1-2-4-21(20)29-23(15-6-9-16(30)10-7-15)18-12-8-14-5-11-17(31)13-19(14)22(18)28-29/h1-7,9-11,13,23,28,30-31H,8,12H2. The van der Waals surface area contributed by atoms with Crippen molar-refractivity contribution in [3.8, 4) is 11.5 Å². The number of hydrogen-bond donors (Lipinski definition) is 3. The topological polar surface area (TPSA) is 55.7 Å². The number of aromatic hydroxyl groups is 2. The molecule has 0 saturated carbocycles. The van der Waals surface area contributed by atoms with E-state index < -0.39 is 17.8 Å². The number of hydrazine groups is 1. The molecule has 1 heterocycles. The molecule has 3 aromatic carbocycles. The Bertz CT molecular complexity index is 1190. The molecule has 1 aliphatic carbocycles. The van der Waals surface area contributed by atoms with Crippen molar-refractivity contribution < 1.29 is 23.4 Å². The average molecular weight is 424 g/mol. The van der Waals surface area contributed by atoms with Gasteiger partial charge in [0.05, 0.1) is 23.0 Å². The van der Waals surface area contributed by atoms with Gasteiger partial charge in [0.25, 0.3) is 0 Å². The van der Waals surface area contributed by atoms with Gasteiger partial charge in [0, 0.05) is 5.56 Å². The highest BCUT2D eigenvalue weighted by Gasteiger charge is 2.41. The number of anilines is 1. The van der Waals surface area contributed by atoms with Gasteiger partial charge in [-0.1, -0.05) is 30.3 Å². The van der Waals surface area contributed by atoms with E-state index in [1.165, 1.54) is 24.3 Å². The quantitative estimate of drug-likeness (QED) is 0.506. The van der Waals surface area contributed by atoms with Gasteiger partial charge in [-0.15, -0.1) is 0 Å². The van der Waals surface area contributed by atoms with Crippen LogP contribution >= 0.6 is 0 Å². The van der Waals surface area contributed by atoms with Gasteiger partial charge in [-0.25, -0.2) is 0 Å². The molecule has 0 spiro atoms. The molecule has 1 aliphatic heterocycles. The Morgan fingerprint density at radius 3 is 2.32 bits per heavy atom. The van der Waals surface area contributed by atoms with Crippen molar-refractivity contribution in [1.82, 2.24) is 5.43 Å². The van der Waals surface area contributed by atoms with E-state index in [-0.39, 0.29) is 17.2 Å². The Kier molecular flexibility index (Phi) is 4.36. The smallest absolute Gasteiger partial charge is 0.418 e. The van der Waals surface area contributed by atoms with Crippen LogP contribution in [0.2, 0.25) is 0 Å². The molecule has 3 aromatic rings. The number of halogens is 3. The highest BCUT2D eigenvalue weighted by Crippen LogP contribution is 2.48. The lowest BCUT2D eigenvalue weighted by Gasteiger charge is -2.31. The number of phenolic OH excluding ortho intramolecular Hbond substituents is 2. The van der Waals surface area contributed by atoms with E-state index in [1.807, 2.05) is 6.07 Å². The molecule has 0 bridgehead atoms. The summed E-state index contributed by atoms with van der Waals surface area (Å²) in [6, 6.07) is 16.6. The number of phenols is 2. The van der Waals surface area contributed by atoms with Crippen molar-refractivity contribution in [1.29, 1.82) is 0 Å². The predicted molar refractivity (Wildman–Crippen MR) is 111 cm³/mol. The SMILES string of the molecule is Oc1ccc(C2C3=C(NN2c2ccccc2C(F)(F)F)c2cc(O)ccc2CC3)cc1. The number of nitrogens with zero attached hydrogens (tertiary/aromatic N) is 1. The van der Waals surface area contributed by atoms with Crippen LogP contribution in [0.3, 0.4) is 0 Å². The first-order valence-electron chi connectivity index (χ1n) is 9.89. The van der Waals surface area contributed by atoms with Gasteiger partial charge in [-0.2, -0.15) is 13.2 Å². The molecule has 0 saturated heterocycles. The second kappa shape index (κ2) is 6.97. The van der Waals surface area contributed by atoms with Gasteiger partial charge < -0.3 is 10.2 Å². The fraction of sp³-hybridized carbons (Fsp3) is 0.167. The van der Waals surface area contributed by atoms with Crippen molar-refractivity contribution in [2.45, 2.75) is 25.1 Å². The van der Waals surface area contributed by atoms with E-state index in [4.69, 9.17) is 0 Å². The summed E-state index contributed by atoms with van der Waals surface area (Å²) in [4.78, 5) is 0. The van der Waals surface area contributed by atoms with E-state index in [0.717, 1.165) is 34.8 Å². The number of para-hydroxylation sites is 1. The number of hydrogen-bond acceptors (Lipinski definition) is 4. The fourth-order valence-corrected chi connectivity index (χ4v) is 4.46. The first-order valence-corrected chi connectivity index (χ1v) is 9.89. The zero-order valence-corrected chi connectivity index (χ0v) is 16.3. The Labute approximate surface area is 176 Å². The van der Waals surface area contributed by atoms with Crippen LogP contribution in [0.5, 0.6) is 11.5 Å². The monoisotopic (exact) mass is 424 g/mol. The summed E-state index contributed by atoms with van der Waals surface area (Å²) in [6.45, 7) is 0. The Hall–Kier alpha value is -3.61. The van der Waals surface area contributed by atoms with Crippen molar-refractivity contribution in [3.05, 3.63) is 94.6 Å². The van der Waals surface area contributed by atoms with Gasteiger partial charge in [-0.05, 0) is 65.9 Å². The summed E-state index contributed by atoms with van der Waals surface area (Å²) in [6.07, 6.45) is -3.13. The molecular formula is C24H19F3N2O2. The van der Waals surface area contributed by atoms with Gasteiger partial charge in [-0.3, -0.25) is 10.4 Å². The molecule has 7 heteroatoms. The number of fused-ring (bicyclic) bond motifs is 2. The van der Waals surface area contributed by atoms with Crippen molar-refractivity contribution in [2.75, 3.05) is 5.01 Å². The third kappa shape index (κ3) is 3.26. The van der Waals surface area contributed by atoms with Crippen LogP contribution in [0.25, 0.3) is 5.70 Å². The molecule has 4 nitrogen and oxygen atoms in total. The number of nitrogens with one attached hydrogen (secondary N) is 1. The van der Waals surface area contributed by atoms with E-state index in [0.29, 0.717) is 12.1 Å². The minimum absolute atomic E-state index is 0.0178. The van der Waals surface area contributed by atoms with E-state index in [9.17, 15) is 23.4 Å². The van der Waals surface area contributed by atoms with Crippen LogP contribution in [-0.2, 0) is 12.6 Å². The first kappa shape index (κ1) is 19.4. The predicted octanol–water partition coefficient (Wildman–Crippen LogP) is 5.54. The number of rotatable bonds is 2. The van der Waals surface area contributed by atoms with E-state index >= 15 is 0 Å². The second-order valence-electron chi connectivity index (χ2n) is 7.73. The zero-order valence-electron chi connectivity index (χ0n) is 16.3. The zero-order chi connectivity index (χ0) is 21.8. The van der Waals surface area contributed by atoms with Gasteiger partial charge in [0.1, 0.15) is 11.5 Å². The minimum atomic E-state index is -4.52. The fourth-order valence-electron chi connectivity index (χ4n) is 4.46. The van der Waals surface area contributed by atoms with Crippen molar-refractivity contribution in [3.63, 3.8) is 0 Å². The maximum atomic E-state index is 13.8. The third-order valence-corrected chi connectivity index (χ3v) is 5.85. The molecule has 1 unspecified atom stereocenters. The van der Waals surface area contributed by atoms with Gasteiger partial charge in [0.15, 0.2) is 0 Å². The summed E-state index contributed by atoms with van der Waals surface area (Å²) in [5.41, 5.74) is 6.73. The largest absolute Gasteiger partial charge is 0.508 e. The Balaban J connectivity index is 1.69. The average Bonchev–Trinajstić information content (AvgIpc) is 3.14. The van der Waals surface area contributed by atoms with Crippen LogP contribution in [-0.4, -0.2) is 10.2 Å². The molecule has 0 radical (unpaired) electrons. The summed E-state index contributed by atoms with van der Waals surface area (Å²) in [7, 11) is 0. The molecule has 0 amide bonds. The van der Waals surface area contributed by atoms with Crippen LogP contribution in [0.1, 0.15) is 34.7 Å². The number of alkyl halides is 3. The molecule has 0 fully saturated rings. The first-order chi connectivity index (χ1) is 14.8. The van der Waals surface area contributed by atoms with Crippen molar-refractivity contribution in [2.24, 2.45) is 0 Å². The summed E-state index contributed by atoms with van der Waals surface area (Å²) >= 11 is 0.